The number of benzene rings is 2. The normalized spacial score (nSPS) is 18.7. The van der Waals surface area contributed by atoms with Gasteiger partial charge in [-0.1, -0.05) is 48.5 Å². The summed E-state index contributed by atoms with van der Waals surface area (Å²) in [6.45, 7) is 1.06. The topological polar surface area (TPSA) is 71.3 Å². The summed E-state index contributed by atoms with van der Waals surface area (Å²) in [6.07, 6.45) is 0. The Morgan fingerprint density at radius 1 is 1.07 bits per heavy atom. The summed E-state index contributed by atoms with van der Waals surface area (Å²) in [5.74, 6) is -0.884. The second-order valence-electron chi connectivity index (χ2n) is 7.06. The van der Waals surface area contributed by atoms with Crippen LogP contribution < -0.4 is 9.64 Å². The summed E-state index contributed by atoms with van der Waals surface area (Å²) >= 11 is 0. The zero-order chi connectivity index (χ0) is 20.3. The first kappa shape index (κ1) is 19.6. The third-order valence-corrected chi connectivity index (χ3v) is 4.87. The van der Waals surface area contributed by atoms with Crippen LogP contribution in [0.15, 0.2) is 60.2 Å². The highest BCUT2D eigenvalue weighted by atomic mass is 16.5. The highest BCUT2D eigenvalue weighted by Crippen LogP contribution is 2.42. The van der Waals surface area contributed by atoms with Gasteiger partial charge >= 0.3 is 0 Å². The maximum Gasteiger partial charge on any atom is 0.295 e. The number of rotatable bonds is 6. The number of para-hydroxylation sites is 1. The van der Waals surface area contributed by atoms with Crippen LogP contribution in [0, 0.1) is 0 Å². The molecule has 6 heteroatoms. The molecule has 2 aromatic rings. The highest BCUT2D eigenvalue weighted by Gasteiger charge is 2.47. The quantitative estimate of drug-likeness (QED) is 0.449. The number of carbonyl (C=O) groups excluding carboxylic acids is 2. The van der Waals surface area contributed by atoms with Gasteiger partial charge in [0.15, 0.2) is 0 Å². The van der Waals surface area contributed by atoms with Crippen molar-refractivity contribution in [3.8, 4) is 5.75 Å². The first-order chi connectivity index (χ1) is 13.5. The number of likely N-dealkylation sites (tertiary alicyclic amines) is 1. The molecule has 0 saturated carbocycles. The van der Waals surface area contributed by atoms with Crippen LogP contribution in [0.25, 0.3) is 5.76 Å². The smallest absolute Gasteiger partial charge is 0.295 e. The lowest BCUT2D eigenvalue weighted by Crippen LogP contribution is -3.06. The highest BCUT2D eigenvalue weighted by molar-refractivity contribution is 6.46. The van der Waals surface area contributed by atoms with E-state index in [9.17, 15) is 14.7 Å². The Bertz CT molecular complexity index is 906. The van der Waals surface area contributed by atoms with E-state index >= 15 is 0 Å². The minimum absolute atomic E-state index is 0.0921. The number of hydrogen-bond donors (Lipinski definition) is 2. The molecule has 1 heterocycles. The number of nitrogens with zero attached hydrogens (tertiary/aromatic N) is 1. The Morgan fingerprint density at radius 3 is 2.36 bits per heavy atom. The molecule has 1 amide bonds. The average molecular weight is 381 g/mol. The van der Waals surface area contributed by atoms with Crippen molar-refractivity contribution in [2.24, 2.45) is 0 Å². The molecule has 6 nitrogen and oxygen atoms in total. The van der Waals surface area contributed by atoms with Gasteiger partial charge in [0.05, 0.1) is 45.9 Å². The number of ether oxygens (including phenoxy) is 1. The zero-order valence-corrected chi connectivity index (χ0v) is 16.3. The number of ketones is 1. The van der Waals surface area contributed by atoms with Crippen LogP contribution in [-0.2, 0) is 9.59 Å². The third kappa shape index (κ3) is 3.64. The Morgan fingerprint density at radius 2 is 1.71 bits per heavy atom. The molecule has 1 aliphatic heterocycles. The fourth-order valence-electron chi connectivity index (χ4n) is 3.42. The predicted molar refractivity (Wildman–Crippen MR) is 106 cm³/mol. The standard InChI is InChI=1S/C22H24N2O4/c1-23(2)13-14-24-19(16-11-7-8-12-17(16)28-3)18(21(26)22(24)27)20(25)15-9-5-4-6-10-15/h4-12,19,25H,13-14H2,1-3H3/p+1/t19-/m0/s1. The lowest BCUT2D eigenvalue weighted by atomic mass is 9.94. The van der Waals surface area contributed by atoms with Crippen LogP contribution in [0.2, 0.25) is 0 Å². The number of aliphatic hydroxyl groups excluding tert-OH is 1. The van der Waals surface area contributed by atoms with Crippen molar-refractivity contribution in [1.82, 2.24) is 4.90 Å². The second kappa shape index (κ2) is 8.27. The van der Waals surface area contributed by atoms with E-state index in [4.69, 9.17) is 4.74 Å². The summed E-state index contributed by atoms with van der Waals surface area (Å²) < 4.78 is 5.48. The number of likely N-dealkylation sites (N-methyl/N-ethyl adjacent to an activating group) is 1. The Labute approximate surface area is 164 Å². The van der Waals surface area contributed by atoms with E-state index < -0.39 is 17.7 Å². The Kier molecular flexibility index (Phi) is 5.80. The summed E-state index contributed by atoms with van der Waals surface area (Å²) in [6, 6.07) is 15.4. The van der Waals surface area contributed by atoms with Gasteiger partial charge in [-0.2, -0.15) is 0 Å². The molecule has 1 atom stereocenters. The van der Waals surface area contributed by atoms with Crippen LogP contribution in [0.5, 0.6) is 5.75 Å². The van der Waals surface area contributed by atoms with Crippen molar-refractivity contribution in [3.63, 3.8) is 0 Å². The first-order valence-corrected chi connectivity index (χ1v) is 9.21. The van der Waals surface area contributed by atoms with Crippen LogP contribution in [0.1, 0.15) is 17.2 Å². The number of nitrogens with one attached hydrogen (secondary N) is 1. The van der Waals surface area contributed by atoms with E-state index in [1.165, 1.54) is 4.90 Å². The van der Waals surface area contributed by atoms with E-state index in [1.807, 2.05) is 38.4 Å². The molecule has 1 fully saturated rings. The number of amides is 1. The molecule has 0 spiro atoms. The third-order valence-electron chi connectivity index (χ3n) is 4.87. The largest absolute Gasteiger partial charge is 0.507 e. The van der Waals surface area contributed by atoms with Crippen LogP contribution in [0.4, 0.5) is 0 Å². The van der Waals surface area contributed by atoms with E-state index in [-0.39, 0.29) is 11.3 Å². The molecule has 0 aliphatic carbocycles. The van der Waals surface area contributed by atoms with Crippen molar-refractivity contribution < 1.29 is 24.3 Å². The lowest BCUT2D eigenvalue weighted by Gasteiger charge is -2.26. The second-order valence-corrected chi connectivity index (χ2v) is 7.06. The number of aliphatic hydroxyl groups is 1. The van der Waals surface area contributed by atoms with Crippen LogP contribution in [-0.4, -0.2) is 56.0 Å². The molecule has 28 heavy (non-hydrogen) atoms. The van der Waals surface area contributed by atoms with Gasteiger partial charge in [0, 0.05) is 11.1 Å². The van der Waals surface area contributed by atoms with Crippen molar-refractivity contribution in [2.45, 2.75) is 6.04 Å². The monoisotopic (exact) mass is 381 g/mol. The van der Waals surface area contributed by atoms with Crippen molar-refractivity contribution >= 4 is 17.4 Å². The number of quaternary nitrogens is 1. The lowest BCUT2D eigenvalue weighted by molar-refractivity contribution is -0.857. The van der Waals surface area contributed by atoms with Gasteiger partial charge in [-0.3, -0.25) is 9.59 Å². The molecule has 2 N–H and O–H groups in total. The van der Waals surface area contributed by atoms with Gasteiger partial charge in [-0.05, 0) is 6.07 Å². The van der Waals surface area contributed by atoms with E-state index in [2.05, 4.69) is 0 Å². The molecule has 146 valence electrons. The summed E-state index contributed by atoms with van der Waals surface area (Å²) in [5.41, 5.74) is 1.27. The van der Waals surface area contributed by atoms with Crippen molar-refractivity contribution in [1.29, 1.82) is 0 Å². The molecule has 1 saturated heterocycles. The Hall–Kier alpha value is -3.12. The maximum atomic E-state index is 12.9. The van der Waals surface area contributed by atoms with Gasteiger partial charge < -0.3 is 19.6 Å². The first-order valence-electron chi connectivity index (χ1n) is 9.21. The van der Waals surface area contributed by atoms with E-state index in [0.717, 1.165) is 4.90 Å². The zero-order valence-electron chi connectivity index (χ0n) is 16.3. The summed E-state index contributed by atoms with van der Waals surface area (Å²) in [4.78, 5) is 28.4. The molecular formula is C22H25N2O4+. The van der Waals surface area contributed by atoms with Gasteiger partial charge in [0.25, 0.3) is 11.7 Å². The number of hydrogen-bond acceptors (Lipinski definition) is 4. The van der Waals surface area contributed by atoms with Crippen molar-refractivity contribution in [2.75, 3.05) is 34.3 Å². The molecule has 0 bridgehead atoms. The fourth-order valence-corrected chi connectivity index (χ4v) is 3.42. The fraction of sp³-hybridized carbons (Fsp3) is 0.273. The van der Waals surface area contributed by atoms with E-state index in [0.29, 0.717) is 30.0 Å². The minimum Gasteiger partial charge on any atom is -0.507 e. The molecular weight excluding hydrogens is 356 g/mol. The summed E-state index contributed by atoms with van der Waals surface area (Å²) in [5, 5.41) is 10.9. The van der Waals surface area contributed by atoms with Gasteiger partial charge in [0.1, 0.15) is 11.5 Å². The average Bonchev–Trinajstić information content (AvgIpc) is 2.96. The number of methoxy groups -OCH3 is 1. The van der Waals surface area contributed by atoms with E-state index in [1.54, 1.807) is 37.4 Å². The number of carbonyl (C=O) groups is 2. The molecule has 0 radical (unpaired) electrons. The summed E-state index contributed by atoms with van der Waals surface area (Å²) in [7, 11) is 5.52. The van der Waals surface area contributed by atoms with Gasteiger partial charge in [-0.25, -0.2) is 0 Å². The molecule has 3 rings (SSSR count). The number of Topliss-reactive ketones (excluding diaryl/α,β-unsaturated/α-hetero) is 1. The van der Waals surface area contributed by atoms with Crippen molar-refractivity contribution in [3.05, 3.63) is 71.3 Å². The SMILES string of the molecule is COc1ccccc1[C@H]1C(=C(O)c2ccccc2)C(=O)C(=O)N1CC[NH+](C)C. The molecule has 0 aromatic heterocycles. The van der Waals surface area contributed by atoms with Gasteiger partial charge in [-0.15, -0.1) is 0 Å². The molecule has 0 unspecified atom stereocenters. The minimum atomic E-state index is -0.698. The van der Waals surface area contributed by atoms with Gasteiger partial charge in [0.2, 0.25) is 0 Å². The van der Waals surface area contributed by atoms with Crippen LogP contribution in [0.3, 0.4) is 0 Å². The molecule has 1 aliphatic rings. The maximum absolute atomic E-state index is 12.9. The van der Waals surface area contributed by atoms with Crippen LogP contribution >= 0.6 is 0 Å². The predicted octanol–water partition coefficient (Wildman–Crippen LogP) is 1.26. The Balaban J connectivity index is 2.18. The molecule has 2 aromatic carbocycles.